The van der Waals surface area contributed by atoms with Gasteiger partial charge in [-0.05, 0) is 32.4 Å². The number of benzene rings is 1. The maximum absolute atomic E-state index is 13.3. The quantitative estimate of drug-likeness (QED) is 0.658. The van der Waals surface area contributed by atoms with E-state index in [1.165, 1.54) is 5.69 Å². The Hall–Kier alpha value is -3.33. The third-order valence-corrected chi connectivity index (χ3v) is 6.17. The zero-order chi connectivity index (χ0) is 22.4. The lowest BCUT2D eigenvalue weighted by molar-refractivity contribution is 0.257. The molecule has 2 N–H and O–H groups in total. The fourth-order valence-corrected chi connectivity index (χ4v) is 4.92. The normalized spacial score (nSPS) is 20.5. The minimum atomic E-state index is -0.211. The van der Waals surface area contributed by atoms with Gasteiger partial charge in [0.05, 0.1) is 18.3 Å². The van der Waals surface area contributed by atoms with Gasteiger partial charge >= 0.3 is 6.03 Å². The van der Waals surface area contributed by atoms with Crippen molar-refractivity contribution in [3.05, 3.63) is 36.2 Å². The highest BCUT2D eigenvalue weighted by Gasteiger charge is 2.31. The first-order chi connectivity index (χ1) is 15.4. The number of rotatable bonds is 3. The summed E-state index contributed by atoms with van der Waals surface area (Å²) in [7, 11) is 3.46. The molecule has 4 heterocycles. The van der Waals surface area contributed by atoms with Gasteiger partial charge in [0.2, 0.25) is 0 Å². The average Bonchev–Trinajstić information content (AvgIpc) is 3.34. The van der Waals surface area contributed by atoms with Crippen molar-refractivity contribution in [2.45, 2.75) is 32.4 Å². The molecule has 2 aliphatic rings. The summed E-state index contributed by atoms with van der Waals surface area (Å²) in [4.78, 5) is 22.0. The van der Waals surface area contributed by atoms with E-state index in [-0.39, 0.29) is 6.03 Å². The van der Waals surface area contributed by atoms with Crippen LogP contribution >= 0.6 is 0 Å². The lowest BCUT2D eigenvalue weighted by atomic mass is 10.1. The van der Waals surface area contributed by atoms with E-state index in [1.54, 1.807) is 22.9 Å². The number of urea groups is 1. The second-order valence-corrected chi connectivity index (χ2v) is 8.75. The van der Waals surface area contributed by atoms with Crippen LogP contribution in [0.2, 0.25) is 0 Å². The first-order valence-electron chi connectivity index (χ1n) is 11.0. The van der Waals surface area contributed by atoms with Crippen LogP contribution < -0.4 is 25.2 Å². The molecule has 168 valence electrons. The Bertz CT molecular complexity index is 1160. The SMILES string of the molecule is COc1cc2nn(C)cc2cc1NC(=O)N1CCc2c(N3C[C@@H](C)N[C@@H](C)C3)ccnc21. The number of fused-ring (bicyclic) bond motifs is 2. The molecule has 0 bridgehead atoms. The smallest absolute Gasteiger partial charge is 0.327 e. The monoisotopic (exact) mass is 435 g/mol. The van der Waals surface area contributed by atoms with Crippen LogP contribution in [0.5, 0.6) is 5.75 Å². The number of ether oxygens (including phenoxy) is 1. The Balaban J connectivity index is 1.41. The van der Waals surface area contributed by atoms with Gasteiger partial charge in [0.25, 0.3) is 0 Å². The number of amides is 2. The van der Waals surface area contributed by atoms with Crippen LogP contribution in [0.15, 0.2) is 30.6 Å². The minimum Gasteiger partial charge on any atom is -0.494 e. The Kier molecular flexibility index (Phi) is 5.13. The van der Waals surface area contributed by atoms with E-state index >= 15 is 0 Å². The van der Waals surface area contributed by atoms with Crippen LogP contribution in [-0.4, -0.2) is 59.6 Å². The highest BCUT2D eigenvalue weighted by atomic mass is 16.5. The molecule has 1 saturated heterocycles. The van der Waals surface area contributed by atoms with E-state index in [9.17, 15) is 4.79 Å². The van der Waals surface area contributed by atoms with Crippen LogP contribution in [0.3, 0.4) is 0 Å². The van der Waals surface area contributed by atoms with Gasteiger partial charge in [-0.2, -0.15) is 5.10 Å². The fourth-order valence-electron chi connectivity index (χ4n) is 4.92. The van der Waals surface area contributed by atoms with Gasteiger partial charge in [-0.25, -0.2) is 9.78 Å². The molecule has 0 radical (unpaired) electrons. The lowest BCUT2D eigenvalue weighted by Gasteiger charge is -2.38. The molecule has 0 unspecified atom stereocenters. The van der Waals surface area contributed by atoms with Crippen molar-refractivity contribution >= 4 is 34.1 Å². The standard InChI is InChI=1S/C23H29N7O2/c1-14-11-29(12-15(2)25-14)20-5-7-24-22-17(20)6-8-30(22)23(31)26-19-9-16-13-28(3)27-18(16)10-21(19)32-4/h5,7,9-10,13-15,25H,6,8,11-12H2,1-4H3,(H,26,31)/t14-,15+. The summed E-state index contributed by atoms with van der Waals surface area (Å²) in [6.45, 7) is 6.89. The summed E-state index contributed by atoms with van der Waals surface area (Å²) in [6.07, 6.45) is 4.51. The summed E-state index contributed by atoms with van der Waals surface area (Å²) in [6, 6.07) is 6.42. The zero-order valence-corrected chi connectivity index (χ0v) is 18.9. The highest BCUT2D eigenvalue weighted by Crippen LogP contribution is 2.36. The molecule has 32 heavy (non-hydrogen) atoms. The molecule has 3 aromatic rings. The molecule has 2 aromatic heterocycles. The molecule has 5 rings (SSSR count). The predicted octanol–water partition coefficient (Wildman–Crippen LogP) is 2.76. The topological polar surface area (TPSA) is 87.5 Å². The van der Waals surface area contributed by atoms with Crippen molar-refractivity contribution in [2.75, 3.05) is 41.9 Å². The number of hydrogen-bond acceptors (Lipinski definition) is 6. The summed E-state index contributed by atoms with van der Waals surface area (Å²) in [5.74, 6) is 1.31. The van der Waals surface area contributed by atoms with Crippen molar-refractivity contribution in [3.8, 4) is 5.75 Å². The molecule has 1 aromatic carbocycles. The number of nitrogens with zero attached hydrogens (tertiary/aromatic N) is 5. The van der Waals surface area contributed by atoms with Gasteiger partial charge in [-0.1, -0.05) is 0 Å². The molecule has 0 saturated carbocycles. The maximum Gasteiger partial charge on any atom is 0.327 e. The zero-order valence-electron chi connectivity index (χ0n) is 18.9. The number of pyridine rings is 1. The van der Waals surface area contributed by atoms with Gasteiger partial charge in [0.15, 0.2) is 0 Å². The maximum atomic E-state index is 13.3. The molecule has 2 amide bonds. The third kappa shape index (κ3) is 3.62. The molecule has 1 fully saturated rings. The molecule has 0 aliphatic carbocycles. The predicted molar refractivity (Wildman–Crippen MR) is 126 cm³/mol. The summed E-state index contributed by atoms with van der Waals surface area (Å²) < 4.78 is 7.25. The van der Waals surface area contributed by atoms with Crippen LogP contribution in [0.25, 0.3) is 10.9 Å². The van der Waals surface area contributed by atoms with Crippen LogP contribution in [0.1, 0.15) is 19.4 Å². The number of anilines is 3. The van der Waals surface area contributed by atoms with Gasteiger partial charge in [0, 0.05) is 73.9 Å². The van der Waals surface area contributed by atoms with Crippen molar-refractivity contribution in [1.82, 2.24) is 20.1 Å². The Morgan fingerprint density at radius 1 is 1.25 bits per heavy atom. The van der Waals surface area contributed by atoms with Crippen molar-refractivity contribution < 1.29 is 9.53 Å². The number of hydrogen-bond donors (Lipinski definition) is 2. The minimum absolute atomic E-state index is 0.211. The number of aryl methyl sites for hydroxylation is 1. The Labute approximate surface area is 187 Å². The Morgan fingerprint density at radius 2 is 2.03 bits per heavy atom. The number of carbonyl (C=O) groups is 1. The molecular weight excluding hydrogens is 406 g/mol. The summed E-state index contributed by atoms with van der Waals surface area (Å²) in [5.41, 5.74) is 3.76. The largest absolute Gasteiger partial charge is 0.494 e. The van der Waals surface area contributed by atoms with E-state index in [1.807, 2.05) is 25.4 Å². The second kappa shape index (κ2) is 7.98. The highest BCUT2D eigenvalue weighted by molar-refractivity contribution is 6.05. The number of aromatic nitrogens is 3. The second-order valence-electron chi connectivity index (χ2n) is 8.75. The van der Waals surface area contributed by atoms with E-state index < -0.39 is 0 Å². The van der Waals surface area contributed by atoms with E-state index in [0.29, 0.717) is 30.1 Å². The van der Waals surface area contributed by atoms with Crippen LogP contribution in [-0.2, 0) is 13.5 Å². The van der Waals surface area contributed by atoms with Gasteiger partial charge in [-0.15, -0.1) is 0 Å². The summed E-state index contributed by atoms with van der Waals surface area (Å²) >= 11 is 0. The molecular formula is C23H29N7O2. The van der Waals surface area contributed by atoms with E-state index in [4.69, 9.17) is 4.74 Å². The first-order valence-corrected chi connectivity index (χ1v) is 11.0. The van der Waals surface area contributed by atoms with Crippen molar-refractivity contribution in [3.63, 3.8) is 0 Å². The fraction of sp³-hybridized carbons (Fsp3) is 0.435. The van der Waals surface area contributed by atoms with E-state index in [0.717, 1.165) is 41.8 Å². The van der Waals surface area contributed by atoms with E-state index in [2.05, 4.69) is 45.5 Å². The number of carbonyl (C=O) groups excluding carboxylic acids is 1. The molecule has 9 nitrogen and oxygen atoms in total. The molecule has 2 atom stereocenters. The summed E-state index contributed by atoms with van der Waals surface area (Å²) in [5, 5.41) is 11.9. The lowest BCUT2D eigenvalue weighted by Crippen LogP contribution is -2.54. The van der Waals surface area contributed by atoms with Gasteiger partial charge < -0.3 is 20.3 Å². The third-order valence-electron chi connectivity index (χ3n) is 6.17. The Morgan fingerprint density at radius 3 is 2.78 bits per heavy atom. The van der Waals surface area contributed by atoms with Gasteiger partial charge in [0.1, 0.15) is 11.6 Å². The molecule has 2 aliphatic heterocycles. The van der Waals surface area contributed by atoms with Gasteiger partial charge in [-0.3, -0.25) is 9.58 Å². The molecule has 9 heteroatoms. The number of nitrogens with one attached hydrogen (secondary N) is 2. The number of piperazine rings is 1. The average molecular weight is 436 g/mol. The number of methoxy groups -OCH3 is 1. The van der Waals surface area contributed by atoms with Crippen molar-refractivity contribution in [1.29, 1.82) is 0 Å². The van der Waals surface area contributed by atoms with Crippen LogP contribution in [0, 0.1) is 0 Å². The first kappa shape index (κ1) is 20.6. The van der Waals surface area contributed by atoms with Crippen LogP contribution in [0.4, 0.5) is 22.0 Å². The van der Waals surface area contributed by atoms with Crippen molar-refractivity contribution in [2.24, 2.45) is 7.05 Å². The molecule has 0 spiro atoms.